The first-order valence-electron chi connectivity index (χ1n) is 6.75. The molecule has 0 bridgehead atoms. The highest BCUT2D eigenvalue weighted by Crippen LogP contribution is 2.20. The van der Waals surface area contributed by atoms with E-state index in [1.165, 1.54) is 0 Å². The van der Waals surface area contributed by atoms with Gasteiger partial charge in [-0.1, -0.05) is 25.1 Å². The molecule has 0 saturated heterocycles. The molecule has 0 aromatic heterocycles. The first kappa shape index (κ1) is 16.1. The summed E-state index contributed by atoms with van der Waals surface area (Å²) in [6.07, 6.45) is 0.949. The van der Waals surface area contributed by atoms with E-state index in [4.69, 9.17) is 5.73 Å². The van der Waals surface area contributed by atoms with E-state index >= 15 is 0 Å². The number of carbonyl (C=O) groups excluding carboxylic acids is 1. The van der Waals surface area contributed by atoms with Crippen LogP contribution in [0.5, 0.6) is 0 Å². The van der Waals surface area contributed by atoms with Crippen LogP contribution in [0.1, 0.15) is 27.2 Å². The lowest BCUT2D eigenvalue weighted by Gasteiger charge is -2.27. The quantitative estimate of drug-likeness (QED) is 0.835. The van der Waals surface area contributed by atoms with Gasteiger partial charge >= 0.3 is 0 Å². The maximum Gasteiger partial charge on any atom is 0.237 e. The molecule has 1 aromatic carbocycles. The summed E-state index contributed by atoms with van der Waals surface area (Å²) in [5.41, 5.74) is 6.49. The monoisotopic (exact) mass is 280 g/mol. The number of carbonyl (C=O) groups is 1. The van der Waals surface area contributed by atoms with Gasteiger partial charge in [0.2, 0.25) is 5.91 Å². The molecule has 0 heterocycles. The third-order valence-corrected chi connectivity index (χ3v) is 4.10. The average Bonchev–Trinajstić information content (AvgIpc) is 2.38. The summed E-state index contributed by atoms with van der Waals surface area (Å²) in [4.78, 5) is 14.2. The Morgan fingerprint density at radius 1 is 1.26 bits per heavy atom. The lowest BCUT2D eigenvalue weighted by molar-refractivity contribution is -0.116. The fourth-order valence-electron chi connectivity index (χ4n) is 1.92. The standard InChI is InChI=1S/C15H24N2OS/c1-12(2)17(14-7-5-4-6-8-14)15(18)11-19-13(3)9-10-16/h4-8,12-13H,9-11,16H2,1-3H3. The van der Waals surface area contributed by atoms with Crippen LogP contribution >= 0.6 is 11.8 Å². The topological polar surface area (TPSA) is 46.3 Å². The molecule has 1 aromatic rings. The van der Waals surface area contributed by atoms with Gasteiger partial charge in [-0.25, -0.2) is 0 Å². The zero-order valence-electron chi connectivity index (χ0n) is 12.0. The van der Waals surface area contributed by atoms with Crippen molar-refractivity contribution in [2.24, 2.45) is 5.73 Å². The van der Waals surface area contributed by atoms with Crippen LogP contribution in [0.3, 0.4) is 0 Å². The van der Waals surface area contributed by atoms with E-state index in [9.17, 15) is 4.79 Å². The van der Waals surface area contributed by atoms with E-state index in [1.807, 2.05) is 49.1 Å². The Morgan fingerprint density at radius 3 is 2.42 bits per heavy atom. The number of thioether (sulfide) groups is 1. The molecule has 19 heavy (non-hydrogen) atoms. The van der Waals surface area contributed by atoms with Crippen LogP contribution in [-0.4, -0.2) is 29.5 Å². The summed E-state index contributed by atoms with van der Waals surface area (Å²) in [6, 6.07) is 10.0. The van der Waals surface area contributed by atoms with E-state index in [2.05, 4.69) is 6.92 Å². The summed E-state index contributed by atoms with van der Waals surface area (Å²) in [7, 11) is 0. The summed E-state index contributed by atoms with van der Waals surface area (Å²) in [6.45, 7) is 6.87. The largest absolute Gasteiger partial charge is 0.330 e. The Bertz CT molecular complexity index is 381. The summed E-state index contributed by atoms with van der Waals surface area (Å²) >= 11 is 1.68. The molecule has 0 saturated carbocycles. The van der Waals surface area contributed by atoms with Gasteiger partial charge in [-0.3, -0.25) is 4.79 Å². The van der Waals surface area contributed by atoms with E-state index in [0.717, 1.165) is 12.1 Å². The zero-order chi connectivity index (χ0) is 14.3. The van der Waals surface area contributed by atoms with E-state index in [1.54, 1.807) is 11.8 Å². The molecule has 0 aliphatic carbocycles. The second-order valence-corrected chi connectivity index (χ2v) is 6.32. The van der Waals surface area contributed by atoms with Crippen molar-refractivity contribution in [1.82, 2.24) is 0 Å². The third-order valence-electron chi connectivity index (χ3n) is 2.88. The summed E-state index contributed by atoms with van der Waals surface area (Å²) < 4.78 is 0. The fourth-order valence-corrected chi connectivity index (χ4v) is 2.79. The third kappa shape index (κ3) is 5.25. The molecule has 1 amide bonds. The Morgan fingerprint density at radius 2 is 1.89 bits per heavy atom. The number of nitrogens with two attached hydrogens (primary N) is 1. The van der Waals surface area contributed by atoms with Crippen molar-refractivity contribution in [3.8, 4) is 0 Å². The molecular formula is C15H24N2OS. The van der Waals surface area contributed by atoms with Crippen LogP contribution in [0.25, 0.3) is 0 Å². The van der Waals surface area contributed by atoms with Gasteiger partial charge in [-0.2, -0.15) is 0 Å². The van der Waals surface area contributed by atoms with Crippen LogP contribution in [0.15, 0.2) is 30.3 Å². The Labute approximate surface area is 120 Å². The number of hydrogen-bond donors (Lipinski definition) is 1. The molecule has 0 spiro atoms. The highest BCUT2D eigenvalue weighted by Gasteiger charge is 2.19. The predicted molar refractivity (Wildman–Crippen MR) is 84.7 cm³/mol. The molecule has 0 aliphatic heterocycles. The first-order chi connectivity index (χ1) is 9.06. The number of para-hydroxylation sites is 1. The fraction of sp³-hybridized carbons (Fsp3) is 0.533. The minimum atomic E-state index is 0.162. The molecule has 2 N–H and O–H groups in total. The van der Waals surface area contributed by atoms with Crippen molar-refractivity contribution in [2.75, 3.05) is 17.2 Å². The minimum absolute atomic E-state index is 0.162. The molecule has 1 unspecified atom stereocenters. The molecule has 0 aliphatic rings. The lowest BCUT2D eigenvalue weighted by atomic mass is 10.2. The molecule has 4 heteroatoms. The first-order valence-corrected chi connectivity index (χ1v) is 7.80. The van der Waals surface area contributed by atoms with Crippen molar-refractivity contribution < 1.29 is 4.79 Å². The van der Waals surface area contributed by atoms with Gasteiger partial charge in [-0.05, 0) is 38.9 Å². The van der Waals surface area contributed by atoms with Gasteiger partial charge in [0.25, 0.3) is 0 Å². The molecule has 1 atom stereocenters. The second-order valence-electron chi connectivity index (χ2n) is 4.89. The van der Waals surface area contributed by atoms with Crippen LogP contribution in [0, 0.1) is 0 Å². The van der Waals surface area contributed by atoms with Crippen molar-refractivity contribution in [1.29, 1.82) is 0 Å². The highest BCUT2D eigenvalue weighted by molar-refractivity contribution is 8.00. The van der Waals surface area contributed by atoms with Crippen LogP contribution in [-0.2, 0) is 4.79 Å². The number of anilines is 1. The lowest BCUT2D eigenvalue weighted by Crippen LogP contribution is -2.38. The average molecular weight is 280 g/mol. The minimum Gasteiger partial charge on any atom is -0.330 e. The maximum atomic E-state index is 12.4. The number of benzene rings is 1. The smallest absolute Gasteiger partial charge is 0.237 e. The van der Waals surface area contributed by atoms with Crippen molar-refractivity contribution in [2.45, 2.75) is 38.5 Å². The molecule has 0 radical (unpaired) electrons. The predicted octanol–water partition coefficient (Wildman–Crippen LogP) is 2.90. The van der Waals surface area contributed by atoms with Gasteiger partial charge in [0.1, 0.15) is 0 Å². The number of nitrogens with zero attached hydrogens (tertiary/aromatic N) is 1. The second kappa shape index (κ2) is 8.23. The van der Waals surface area contributed by atoms with Crippen LogP contribution in [0.2, 0.25) is 0 Å². The normalized spacial score (nSPS) is 12.5. The van der Waals surface area contributed by atoms with Crippen molar-refractivity contribution in [3.63, 3.8) is 0 Å². The Kier molecular flexibility index (Phi) is 6.95. The number of amides is 1. The summed E-state index contributed by atoms with van der Waals surface area (Å²) in [5.74, 6) is 0.670. The van der Waals surface area contributed by atoms with Crippen LogP contribution < -0.4 is 10.6 Å². The van der Waals surface area contributed by atoms with Crippen molar-refractivity contribution in [3.05, 3.63) is 30.3 Å². The zero-order valence-corrected chi connectivity index (χ0v) is 12.8. The number of hydrogen-bond acceptors (Lipinski definition) is 3. The molecule has 106 valence electrons. The Balaban J connectivity index is 2.65. The Hall–Kier alpha value is -1.00. The number of rotatable bonds is 7. The molecule has 1 rings (SSSR count). The molecule has 3 nitrogen and oxygen atoms in total. The molecule has 0 fully saturated rings. The van der Waals surface area contributed by atoms with E-state index < -0.39 is 0 Å². The highest BCUT2D eigenvalue weighted by atomic mass is 32.2. The summed E-state index contributed by atoms with van der Waals surface area (Å²) in [5, 5.41) is 0.429. The molecular weight excluding hydrogens is 256 g/mol. The van der Waals surface area contributed by atoms with Crippen LogP contribution in [0.4, 0.5) is 5.69 Å². The van der Waals surface area contributed by atoms with Gasteiger partial charge in [0.05, 0.1) is 5.75 Å². The maximum absolute atomic E-state index is 12.4. The van der Waals surface area contributed by atoms with E-state index in [-0.39, 0.29) is 11.9 Å². The SMILES string of the molecule is CC(CCN)SCC(=O)N(c1ccccc1)C(C)C. The van der Waals surface area contributed by atoms with Gasteiger partial charge in [0.15, 0.2) is 0 Å². The van der Waals surface area contributed by atoms with Gasteiger partial charge in [-0.15, -0.1) is 11.8 Å². The van der Waals surface area contributed by atoms with E-state index in [0.29, 0.717) is 17.5 Å². The van der Waals surface area contributed by atoms with Gasteiger partial charge in [0, 0.05) is 17.0 Å². The van der Waals surface area contributed by atoms with Crippen molar-refractivity contribution >= 4 is 23.4 Å². The van der Waals surface area contributed by atoms with Gasteiger partial charge < -0.3 is 10.6 Å².